The van der Waals surface area contributed by atoms with E-state index in [-0.39, 0.29) is 12.5 Å². The van der Waals surface area contributed by atoms with Crippen molar-refractivity contribution in [2.75, 3.05) is 25.1 Å². The van der Waals surface area contributed by atoms with Gasteiger partial charge in [-0.15, -0.1) is 0 Å². The Morgan fingerprint density at radius 2 is 1.68 bits per heavy atom. The van der Waals surface area contributed by atoms with Gasteiger partial charge in [-0.1, -0.05) is 41.9 Å². The summed E-state index contributed by atoms with van der Waals surface area (Å²) >= 11 is 6.58. The molecular weight excluding hydrogens is 490 g/mol. The fourth-order valence-electron chi connectivity index (χ4n) is 4.08. The van der Waals surface area contributed by atoms with Gasteiger partial charge in [0.2, 0.25) is 0 Å². The Morgan fingerprint density at radius 3 is 2.49 bits per heavy atom. The van der Waals surface area contributed by atoms with Crippen molar-refractivity contribution >= 4 is 29.2 Å². The van der Waals surface area contributed by atoms with Gasteiger partial charge >= 0.3 is 0 Å². The van der Waals surface area contributed by atoms with Crippen molar-refractivity contribution in [3.05, 3.63) is 101 Å². The van der Waals surface area contributed by atoms with E-state index in [1.807, 2.05) is 72.8 Å². The van der Waals surface area contributed by atoms with Crippen LogP contribution in [0.15, 0.2) is 85.2 Å². The van der Waals surface area contributed by atoms with Gasteiger partial charge in [0.1, 0.15) is 35.1 Å². The first-order valence-electron chi connectivity index (χ1n) is 12.0. The van der Waals surface area contributed by atoms with Crippen LogP contribution in [-0.4, -0.2) is 34.9 Å². The summed E-state index contributed by atoms with van der Waals surface area (Å²) in [4.78, 5) is 8.87. The van der Waals surface area contributed by atoms with Crippen molar-refractivity contribution < 1.29 is 19.3 Å². The number of nitrogens with zero attached hydrogens (tertiary/aromatic N) is 2. The summed E-state index contributed by atoms with van der Waals surface area (Å²) in [6.07, 6.45) is 6.41. The zero-order chi connectivity index (χ0) is 25.5. The molecule has 0 saturated carbocycles. The Balaban J connectivity index is 1.27. The number of aromatic nitrogens is 2. The molecule has 37 heavy (non-hydrogen) atoms. The number of halogens is 1. The van der Waals surface area contributed by atoms with Gasteiger partial charge in [0, 0.05) is 29.8 Å². The highest BCUT2D eigenvalue weighted by Crippen LogP contribution is 2.38. The van der Waals surface area contributed by atoms with Gasteiger partial charge in [-0.25, -0.2) is 9.97 Å². The molecule has 0 radical (unpaired) electrons. The first-order valence-corrected chi connectivity index (χ1v) is 12.4. The maximum absolute atomic E-state index is 8.92. The standard InChI is InChI=1S/C29H26ClN3O4/c30-25-17-21(33-29-28-20(13-15-35-16-14-34)9-11-26(28)31-19-32-29)10-12-27(25)37-24-8-4-7-23(18-24)36-22-5-2-1-3-6-22/h1-12,17-20,34H,13-16H2,(H,31,32,33). The lowest BCUT2D eigenvalue weighted by Gasteiger charge is -2.16. The van der Waals surface area contributed by atoms with Crippen LogP contribution in [0.5, 0.6) is 23.0 Å². The lowest BCUT2D eigenvalue weighted by atomic mass is 10.00. The van der Waals surface area contributed by atoms with Crippen LogP contribution in [0.1, 0.15) is 23.6 Å². The predicted molar refractivity (Wildman–Crippen MR) is 144 cm³/mol. The minimum Gasteiger partial charge on any atom is -0.457 e. The predicted octanol–water partition coefficient (Wildman–Crippen LogP) is 6.97. The maximum Gasteiger partial charge on any atom is 0.146 e. The number of anilines is 2. The number of fused-ring (bicyclic) bond motifs is 1. The summed E-state index contributed by atoms with van der Waals surface area (Å²) in [5.41, 5.74) is 2.68. The van der Waals surface area contributed by atoms with Gasteiger partial charge in [0.25, 0.3) is 0 Å². The molecule has 1 heterocycles. The molecule has 1 aliphatic rings. The molecule has 8 heteroatoms. The fraction of sp³-hybridized carbons (Fsp3) is 0.172. The second-order valence-corrected chi connectivity index (χ2v) is 8.78. The normalized spacial score (nSPS) is 13.8. The molecule has 4 aromatic rings. The topological polar surface area (TPSA) is 85.7 Å². The smallest absolute Gasteiger partial charge is 0.146 e. The van der Waals surface area contributed by atoms with E-state index < -0.39 is 0 Å². The second kappa shape index (κ2) is 11.9. The van der Waals surface area contributed by atoms with Gasteiger partial charge in [-0.3, -0.25) is 0 Å². The zero-order valence-electron chi connectivity index (χ0n) is 20.0. The number of aliphatic hydroxyl groups excluding tert-OH is 1. The third-order valence-electron chi connectivity index (χ3n) is 5.79. The van der Waals surface area contributed by atoms with Gasteiger partial charge in [-0.05, 0) is 55.0 Å². The van der Waals surface area contributed by atoms with Crippen LogP contribution < -0.4 is 14.8 Å². The average molecular weight is 516 g/mol. The third-order valence-corrected chi connectivity index (χ3v) is 6.08. The van der Waals surface area contributed by atoms with E-state index in [1.54, 1.807) is 12.4 Å². The van der Waals surface area contributed by atoms with Crippen LogP contribution in [0.2, 0.25) is 5.02 Å². The minimum atomic E-state index is 0.0143. The molecule has 0 aliphatic heterocycles. The molecule has 1 aromatic heterocycles. The minimum absolute atomic E-state index is 0.0143. The average Bonchev–Trinajstić information content (AvgIpc) is 3.33. The summed E-state index contributed by atoms with van der Waals surface area (Å²) in [5.74, 6) is 3.40. The van der Waals surface area contributed by atoms with E-state index >= 15 is 0 Å². The molecule has 3 aromatic carbocycles. The number of benzene rings is 3. The number of nitrogens with one attached hydrogen (secondary N) is 1. The Morgan fingerprint density at radius 1 is 0.865 bits per heavy atom. The van der Waals surface area contributed by atoms with Crippen molar-refractivity contribution in [2.45, 2.75) is 12.3 Å². The molecule has 0 bridgehead atoms. The highest BCUT2D eigenvalue weighted by atomic mass is 35.5. The van der Waals surface area contributed by atoms with Crippen molar-refractivity contribution in [1.82, 2.24) is 9.97 Å². The summed E-state index contributed by atoms with van der Waals surface area (Å²) in [5, 5.41) is 12.7. The molecule has 1 aliphatic carbocycles. The zero-order valence-corrected chi connectivity index (χ0v) is 20.8. The Hall–Kier alpha value is -3.91. The molecule has 7 nitrogen and oxygen atoms in total. The SMILES string of the molecule is OCCOCCC1C=Cc2ncnc(Nc3ccc(Oc4cccc(Oc5ccccc5)c4)c(Cl)c3)c21. The van der Waals surface area contributed by atoms with E-state index in [9.17, 15) is 0 Å². The van der Waals surface area contributed by atoms with E-state index in [0.717, 1.165) is 34.9 Å². The number of ether oxygens (including phenoxy) is 3. The van der Waals surface area contributed by atoms with Crippen molar-refractivity contribution in [3.63, 3.8) is 0 Å². The van der Waals surface area contributed by atoms with Gasteiger partial charge in [0.15, 0.2) is 0 Å². The molecular formula is C29H26ClN3O4. The Bertz CT molecular complexity index is 1380. The summed E-state index contributed by atoms with van der Waals surface area (Å²) < 4.78 is 17.4. The number of allylic oxidation sites excluding steroid dienone is 1. The molecule has 1 atom stereocenters. The van der Waals surface area contributed by atoms with Crippen LogP contribution in [0, 0.1) is 0 Å². The van der Waals surface area contributed by atoms with Crippen LogP contribution in [0.3, 0.4) is 0 Å². The van der Waals surface area contributed by atoms with E-state index in [0.29, 0.717) is 35.5 Å². The first-order chi connectivity index (χ1) is 18.2. The highest BCUT2D eigenvalue weighted by Gasteiger charge is 2.23. The summed E-state index contributed by atoms with van der Waals surface area (Å²) in [6.45, 7) is 0.885. The largest absolute Gasteiger partial charge is 0.457 e. The maximum atomic E-state index is 8.92. The van der Waals surface area contributed by atoms with Crippen molar-refractivity contribution in [3.8, 4) is 23.0 Å². The molecule has 1 unspecified atom stereocenters. The lowest BCUT2D eigenvalue weighted by molar-refractivity contribution is 0.0893. The molecule has 5 rings (SSSR count). The summed E-state index contributed by atoms with van der Waals surface area (Å²) in [6, 6.07) is 22.5. The lowest BCUT2D eigenvalue weighted by Crippen LogP contribution is -2.08. The van der Waals surface area contributed by atoms with Gasteiger partial charge in [-0.2, -0.15) is 0 Å². The highest BCUT2D eigenvalue weighted by molar-refractivity contribution is 6.32. The number of rotatable bonds is 11. The molecule has 2 N–H and O–H groups in total. The van der Waals surface area contributed by atoms with Crippen molar-refractivity contribution in [2.24, 2.45) is 0 Å². The third kappa shape index (κ3) is 6.27. The summed E-state index contributed by atoms with van der Waals surface area (Å²) in [7, 11) is 0. The first kappa shape index (κ1) is 24.8. The monoisotopic (exact) mass is 515 g/mol. The van der Waals surface area contributed by atoms with Gasteiger partial charge in [0.05, 0.1) is 23.9 Å². The number of aliphatic hydroxyl groups is 1. The van der Waals surface area contributed by atoms with E-state index in [4.69, 9.17) is 30.9 Å². The van der Waals surface area contributed by atoms with E-state index in [2.05, 4.69) is 21.4 Å². The van der Waals surface area contributed by atoms with Crippen molar-refractivity contribution in [1.29, 1.82) is 0 Å². The quantitative estimate of drug-likeness (QED) is 0.209. The van der Waals surface area contributed by atoms with E-state index in [1.165, 1.54) is 0 Å². The van der Waals surface area contributed by atoms with Crippen LogP contribution >= 0.6 is 11.6 Å². The number of hydrogen-bond acceptors (Lipinski definition) is 7. The second-order valence-electron chi connectivity index (χ2n) is 8.37. The number of hydrogen-bond donors (Lipinski definition) is 2. The van der Waals surface area contributed by atoms with Crippen LogP contribution in [0.4, 0.5) is 11.5 Å². The molecule has 0 amide bonds. The molecule has 188 valence electrons. The van der Waals surface area contributed by atoms with Crippen LogP contribution in [0.25, 0.3) is 6.08 Å². The Kier molecular flexibility index (Phi) is 7.96. The molecule has 0 fully saturated rings. The molecule has 0 spiro atoms. The molecule has 0 saturated heterocycles. The number of para-hydroxylation sites is 1. The van der Waals surface area contributed by atoms with Crippen LogP contribution in [-0.2, 0) is 4.74 Å². The fourth-order valence-corrected chi connectivity index (χ4v) is 4.30. The Labute approximate surface area is 220 Å². The van der Waals surface area contributed by atoms with Gasteiger partial charge < -0.3 is 24.6 Å².